The van der Waals surface area contributed by atoms with Gasteiger partial charge in [0.2, 0.25) is 0 Å². The topological polar surface area (TPSA) is 35.5 Å². The Kier molecular flexibility index (Phi) is 4.92. The molecule has 1 saturated heterocycles. The molecule has 3 heteroatoms. The highest BCUT2D eigenvalue weighted by atomic mass is 16.3. The van der Waals surface area contributed by atoms with E-state index in [1.165, 1.54) is 6.42 Å². The molecule has 112 valence electrons. The highest BCUT2D eigenvalue weighted by Crippen LogP contribution is 2.32. The SMILES string of the molecule is CCNC(C)c1ccc(N2CCC(C)C(C)C2)cc1O. The highest BCUT2D eigenvalue weighted by molar-refractivity contribution is 5.54. The fraction of sp³-hybridized carbons (Fsp3) is 0.647. The van der Waals surface area contributed by atoms with Gasteiger partial charge in [-0.25, -0.2) is 0 Å². The Morgan fingerprint density at radius 2 is 2.10 bits per heavy atom. The van der Waals surface area contributed by atoms with Gasteiger partial charge in [-0.05, 0) is 37.8 Å². The fourth-order valence-electron chi connectivity index (χ4n) is 3.01. The number of hydrogen-bond acceptors (Lipinski definition) is 3. The number of rotatable bonds is 4. The Morgan fingerprint density at radius 3 is 2.70 bits per heavy atom. The van der Waals surface area contributed by atoms with Crippen LogP contribution < -0.4 is 10.2 Å². The molecule has 1 aliphatic heterocycles. The molecule has 1 heterocycles. The molecule has 1 aromatic carbocycles. The van der Waals surface area contributed by atoms with Crippen LogP contribution in [0.5, 0.6) is 5.75 Å². The van der Waals surface area contributed by atoms with Crippen LogP contribution >= 0.6 is 0 Å². The lowest BCUT2D eigenvalue weighted by Gasteiger charge is -2.37. The lowest BCUT2D eigenvalue weighted by Crippen LogP contribution is -2.38. The lowest BCUT2D eigenvalue weighted by atomic mass is 9.88. The van der Waals surface area contributed by atoms with Crippen molar-refractivity contribution in [1.82, 2.24) is 5.32 Å². The summed E-state index contributed by atoms with van der Waals surface area (Å²) in [5.74, 6) is 1.92. The van der Waals surface area contributed by atoms with E-state index in [4.69, 9.17) is 0 Å². The molecule has 3 atom stereocenters. The summed E-state index contributed by atoms with van der Waals surface area (Å²) in [4.78, 5) is 2.39. The van der Waals surface area contributed by atoms with Gasteiger partial charge in [0.15, 0.2) is 0 Å². The standard InChI is InChI=1S/C17H28N2O/c1-5-18-14(4)16-7-6-15(10-17(16)20)19-9-8-12(2)13(3)11-19/h6-7,10,12-14,18,20H,5,8-9,11H2,1-4H3. The maximum atomic E-state index is 10.3. The zero-order chi connectivity index (χ0) is 14.7. The molecule has 20 heavy (non-hydrogen) atoms. The first-order valence-electron chi connectivity index (χ1n) is 7.84. The van der Waals surface area contributed by atoms with Gasteiger partial charge in [0.1, 0.15) is 5.75 Å². The van der Waals surface area contributed by atoms with Crippen LogP contribution in [-0.4, -0.2) is 24.7 Å². The van der Waals surface area contributed by atoms with Crippen molar-refractivity contribution in [2.75, 3.05) is 24.5 Å². The van der Waals surface area contributed by atoms with Crippen LogP contribution in [0.3, 0.4) is 0 Å². The molecule has 3 unspecified atom stereocenters. The minimum Gasteiger partial charge on any atom is -0.508 e. The van der Waals surface area contributed by atoms with Gasteiger partial charge in [-0.15, -0.1) is 0 Å². The number of benzene rings is 1. The van der Waals surface area contributed by atoms with Gasteiger partial charge >= 0.3 is 0 Å². The van der Waals surface area contributed by atoms with Crippen molar-refractivity contribution in [3.8, 4) is 5.75 Å². The molecule has 1 fully saturated rings. The van der Waals surface area contributed by atoms with Gasteiger partial charge in [-0.1, -0.05) is 26.8 Å². The Labute approximate surface area is 123 Å². The van der Waals surface area contributed by atoms with E-state index in [0.717, 1.165) is 36.8 Å². The van der Waals surface area contributed by atoms with Crippen molar-refractivity contribution in [2.24, 2.45) is 11.8 Å². The molecule has 0 amide bonds. The van der Waals surface area contributed by atoms with Crippen LogP contribution in [0.4, 0.5) is 5.69 Å². The first-order valence-corrected chi connectivity index (χ1v) is 7.84. The summed E-state index contributed by atoms with van der Waals surface area (Å²) in [6, 6.07) is 6.31. The van der Waals surface area contributed by atoms with Crippen LogP contribution in [0.15, 0.2) is 18.2 Å². The molecule has 0 radical (unpaired) electrons. The van der Waals surface area contributed by atoms with Crippen LogP contribution in [0.1, 0.15) is 45.7 Å². The number of aromatic hydroxyl groups is 1. The van der Waals surface area contributed by atoms with Gasteiger partial charge in [-0.3, -0.25) is 0 Å². The Bertz CT molecular complexity index is 447. The summed E-state index contributed by atoms with van der Waals surface area (Å²) in [5.41, 5.74) is 2.13. The quantitative estimate of drug-likeness (QED) is 0.883. The zero-order valence-electron chi connectivity index (χ0n) is 13.2. The third kappa shape index (κ3) is 3.26. The molecular weight excluding hydrogens is 248 g/mol. The van der Waals surface area contributed by atoms with Crippen molar-refractivity contribution in [1.29, 1.82) is 0 Å². The molecule has 0 spiro atoms. The normalized spacial score (nSPS) is 24.7. The number of piperidine rings is 1. The van der Waals surface area contributed by atoms with E-state index in [-0.39, 0.29) is 6.04 Å². The van der Waals surface area contributed by atoms with Crippen LogP contribution in [-0.2, 0) is 0 Å². The molecule has 2 rings (SSSR count). The van der Waals surface area contributed by atoms with E-state index in [0.29, 0.717) is 11.7 Å². The first kappa shape index (κ1) is 15.2. The monoisotopic (exact) mass is 276 g/mol. The highest BCUT2D eigenvalue weighted by Gasteiger charge is 2.23. The Balaban J connectivity index is 2.13. The second kappa shape index (κ2) is 6.49. The zero-order valence-corrected chi connectivity index (χ0v) is 13.2. The second-order valence-electron chi connectivity index (χ2n) is 6.21. The van der Waals surface area contributed by atoms with Crippen molar-refractivity contribution >= 4 is 5.69 Å². The molecule has 0 saturated carbocycles. The molecule has 1 aliphatic rings. The minimum absolute atomic E-state index is 0.189. The van der Waals surface area contributed by atoms with Crippen molar-refractivity contribution in [2.45, 2.75) is 40.2 Å². The fourth-order valence-corrected chi connectivity index (χ4v) is 3.01. The summed E-state index contributed by atoms with van der Waals surface area (Å²) in [5, 5.41) is 13.6. The number of nitrogens with one attached hydrogen (secondary N) is 1. The van der Waals surface area contributed by atoms with Crippen LogP contribution in [0, 0.1) is 11.8 Å². The van der Waals surface area contributed by atoms with Crippen molar-refractivity contribution in [3.05, 3.63) is 23.8 Å². The average Bonchev–Trinajstić information content (AvgIpc) is 2.42. The molecule has 0 aromatic heterocycles. The number of nitrogens with zero attached hydrogens (tertiary/aromatic N) is 1. The number of anilines is 1. The maximum absolute atomic E-state index is 10.3. The van der Waals surface area contributed by atoms with Gasteiger partial charge in [-0.2, -0.15) is 0 Å². The molecule has 1 aromatic rings. The summed E-state index contributed by atoms with van der Waals surface area (Å²) in [6.45, 7) is 11.9. The van der Waals surface area contributed by atoms with E-state index in [9.17, 15) is 5.11 Å². The Morgan fingerprint density at radius 1 is 1.35 bits per heavy atom. The maximum Gasteiger partial charge on any atom is 0.122 e. The van der Waals surface area contributed by atoms with Crippen LogP contribution in [0.2, 0.25) is 0 Å². The van der Waals surface area contributed by atoms with Crippen LogP contribution in [0.25, 0.3) is 0 Å². The van der Waals surface area contributed by atoms with Crippen molar-refractivity contribution in [3.63, 3.8) is 0 Å². The molecule has 0 aliphatic carbocycles. The number of hydrogen-bond donors (Lipinski definition) is 2. The lowest BCUT2D eigenvalue weighted by molar-refractivity contribution is 0.323. The van der Waals surface area contributed by atoms with Gasteiger partial charge in [0.05, 0.1) is 0 Å². The largest absolute Gasteiger partial charge is 0.508 e. The Hall–Kier alpha value is -1.22. The van der Waals surface area contributed by atoms with E-state index in [1.807, 2.05) is 6.07 Å². The summed E-state index contributed by atoms with van der Waals surface area (Å²) in [7, 11) is 0. The van der Waals surface area contributed by atoms with Gasteiger partial charge in [0, 0.05) is 36.4 Å². The van der Waals surface area contributed by atoms with E-state index in [2.05, 4.69) is 50.0 Å². The van der Waals surface area contributed by atoms with Gasteiger partial charge < -0.3 is 15.3 Å². The average molecular weight is 276 g/mol. The number of phenols is 1. The van der Waals surface area contributed by atoms with E-state index >= 15 is 0 Å². The van der Waals surface area contributed by atoms with E-state index in [1.54, 1.807) is 0 Å². The predicted molar refractivity (Wildman–Crippen MR) is 85.4 cm³/mol. The predicted octanol–water partition coefficient (Wildman–Crippen LogP) is 3.55. The molecule has 0 bridgehead atoms. The summed E-state index contributed by atoms with van der Waals surface area (Å²) < 4.78 is 0. The summed E-state index contributed by atoms with van der Waals surface area (Å²) >= 11 is 0. The first-order chi connectivity index (χ1) is 9.52. The molecule has 2 N–H and O–H groups in total. The smallest absolute Gasteiger partial charge is 0.122 e. The minimum atomic E-state index is 0.189. The second-order valence-corrected chi connectivity index (χ2v) is 6.21. The molecular formula is C17H28N2O. The van der Waals surface area contributed by atoms with Crippen molar-refractivity contribution < 1.29 is 5.11 Å². The third-order valence-electron chi connectivity index (χ3n) is 4.69. The molecule has 3 nitrogen and oxygen atoms in total. The van der Waals surface area contributed by atoms with E-state index < -0.39 is 0 Å². The third-order valence-corrected chi connectivity index (χ3v) is 4.69. The van der Waals surface area contributed by atoms with Gasteiger partial charge in [0.25, 0.3) is 0 Å². The number of phenolic OH excluding ortho intramolecular Hbond substituents is 1. The summed E-state index contributed by atoms with van der Waals surface area (Å²) in [6.07, 6.45) is 1.23.